The second-order valence-electron chi connectivity index (χ2n) is 4.82. The zero-order chi connectivity index (χ0) is 13.1. The zero-order valence-electron chi connectivity index (χ0n) is 10.4. The molecule has 1 amide bonds. The SMILES string of the molecule is CC(Br)C1CCN(C(=O)c2cccc(Br)c2)CC1. The van der Waals surface area contributed by atoms with E-state index >= 15 is 0 Å². The van der Waals surface area contributed by atoms with Gasteiger partial charge < -0.3 is 4.90 Å². The van der Waals surface area contributed by atoms with E-state index in [0.29, 0.717) is 10.7 Å². The largest absolute Gasteiger partial charge is 0.339 e. The lowest BCUT2D eigenvalue weighted by Crippen LogP contribution is -2.39. The molecule has 18 heavy (non-hydrogen) atoms. The predicted octanol–water partition coefficient (Wildman–Crippen LogP) is 4.08. The normalized spacial score (nSPS) is 18.7. The molecule has 98 valence electrons. The first kappa shape index (κ1) is 14.1. The third-order valence-electron chi connectivity index (χ3n) is 3.55. The van der Waals surface area contributed by atoms with E-state index in [1.54, 1.807) is 0 Å². The summed E-state index contributed by atoms with van der Waals surface area (Å²) in [4.78, 5) is 14.8. The second kappa shape index (κ2) is 6.20. The Bertz CT molecular complexity index is 426. The highest BCUT2D eigenvalue weighted by molar-refractivity contribution is 9.10. The van der Waals surface area contributed by atoms with Gasteiger partial charge >= 0.3 is 0 Å². The molecule has 0 radical (unpaired) electrons. The van der Waals surface area contributed by atoms with Crippen molar-refractivity contribution >= 4 is 37.8 Å². The van der Waals surface area contributed by atoms with E-state index in [2.05, 4.69) is 38.8 Å². The summed E-state index contributed by atoms with van der Waals surface area (Å²) in [6.07, 6.45) is 2.18. The zero-order valence-corrected chi connectivity index (χ0v) is 13.6. The van der Waals surface area contributed by atoms with Crippen molar-refractivity contribution in [1.82, 2.24) is 4.90 Å². The summed E-state index contributed by atoms with van der Waals surface area (Å²) in [7, 11) is 0. The molecule has 4 heteroatoms. The van der Waals surface area contributed by atoms with Gasteiger partial charge in [0, 0.05) is 28.0 Å². The van der Waals surface area contributed by atoms with Crippen LogP contribution in [0.4, 0.5) is 0 Å². The van der Waals surface area contributed by atoms with Crippen LogP contribution in [-0.4, -0.2) is 28.7 Å². The highest BCUT2D eigenvalue weighted by atomic mass is 79.9. The number of amides is 1. The van der Waals surface area contributed by atoms with Gasteiger partial charge in [0.1, 0.15) is 0 Å². The quantitative estimate of drug-likeness (QED) is 0.714. The van der Waals surface area contributed by atoms with Crippen molar-refractivity contribution < 1.29 is 4.79 Å². The fourth-order valence-electron chi connectivity index (χ4n) is 2.37. The molecule has 2 nitrogen and oxygen atoms in total. The van der Waals surface area contributed by atoms with E-state index in [9.17, 15) is 4.79 Å². The maximum absolute atomic E-state index is 12.3. The van der Waals surface area contributed by atoms with E-state index < -0.39 is 0 Å². The molecule has 1 saturated heterocycles. The lowest BCUT2D eigenvalue weighted by Gasteiger charge is -2.33. The molecule has 1 unspecified atom stereocenters. The van der Waals surface area contributed by atoms with E-state index in [-0.39, 0.29) is 5.91 Å². The van der Waals surface area contributed by atoms with Crippen LogP contribution in [0, 0.1) is 5.92 Å². The average molecular weight is 375 g/mol. The Balaban J connectivity index is 1.99. The molecule has 1 aliphatic heterocycles. The minimum atomic E-state index is 0.150. The number of halogens is 2. The molecule has 0 saturated carbocycles. The van der Waals surface area contributed by atoms with E-state index in [0.717, 1.165) is 36.0 Å². The Morgan fingerprint density at radius 3 is 2.61 bits per heavy atom. The Hall–Kier alpha value is -0.350. The van der Waals surface area contributed by atoms with Crippen molar-refractivity contribution in [3.63, 3.8) is 0 Å². The first-order valence-corrected chi connectivity index (χ1v) is 7.97. The summed E-state index contributed by atoms with van der Waals surface area (Å²) in [5.74, 6) is 0.841. The number of nitrogens with zero attached hydrogens (tertiary/aromatic N) is 1. The molecule has 0 N–H and O–H groups in total. The van der Waals surface area contributed by atoms with Gasteiger partial charge in [-0.05, 0) is 37.0 Å². The van der Waals surface area contributed by atoms with Crippen LogP contribution < -0.4 is 0 Å². The van der Waals surface area contributed by atoms with E-state index in [4.69, 9.17) is 0 Å². The maximum Gasteiger partial charge on any atom is 0.253 e. The monoisotopic (exact) mass is 373 g/mol. The average Bonchev–Trinajstić information content (AvgIpc) is 2.38. The number of likely N-dealkylation sites (tertiary alicyclic amines) is 1. The summed E-state index contributed by atoms with van der Waals surface area (Å²) >= 11 is 7.04. The number of benzene rings is 1. The van der Waals surface area contributed by atoms with Crippen LogP contribution in [0.3, 0.4) is 0 Å². The number of hydrogen-bond donors (Lipinski definition) is 0. The predicted molar refractivity (Wildman–Crippen MR) is 81.2 cm³/mol. The van der Waals surface area contributed by atoms with Gasteiger partial charge in [-0.3, -0.25) is 4.79 Å². The second-order valence-corrected chi connectivity index (χ2v) is 7.18. The van der Waals surface area contributed by atoms with Crippen LogP contribution in [0.1, 0.15) is 30.1 Å². The molecule has 1 aliphatic rings. The van der Waals surface area contributed by atoms with Crippen LogP contribution in [0.25, 0.3) is 0 Å². The molecule has 1 fully saturated rings. The van der Waals surface area contributed by atoms with Gasteiger partial charge in [0.15, 0.2) is 0 Å². The Labute approximate surface area is 125 Å². The highest BCUT2D eigenvalue weighted by Gasteiger charge is 2.25. The van der Waals surface area contributed by atoms with Gasteiger partial charge in [-0.1, -0.05) is 44.8 Å². The van der Waals surface area contributed by atoms with Crippen LogP contribution in [0.15, 0.2) is 28.7 Å². The lowest BCUT2D eigenvalue weighted by molar-refractivity contribution is 0.0691. The minimum Gasteiger partial charge on any atom is -0.339 e. The number of hydrogen-bond acceptors (Lipinski definition) is 1. The number of carbonyl (C=O) groups is 1. The maximum atomic E-state index is 12.3. The van der Waals surface area contributed by atoms with Gasteiger partial charge in [0.25, 0.3) is 5.91 Å². The molecule has 1 heterocycles. The molecule has 0 aromatic heterocycles. The van der Waals surface area contributed by atoms with Crippen molar-refractivity contribution in [1.29, 1.82) is 0 Å². The number of rotatable bonds is 2. The summed E-state index contributed by atoms with van der Waals surface area (Å²) in [6, 6.07) is 7.62. The van der Waals surface area contributed by atoms with E-state index in [1.807, 2.05) is 29.2 Å². The summed E-state index contributed by atoms with van der Waals surface area (Å²) < 4.78 is 0.956. The number of carbonyl (C=O) groups excluding carboxylic acids is 1. The highest BCUT2D eigenvalue weighted by Crippen LogP contribution is 2.26. The fraction of sp³-hybridized carbons (Fsp3) is 0.500. The summed E-state index contributed by atoms with van der Waals surface area (Å²) in [6.45, 7) is 3.92. The van der Waals surface area contributed by atoms with Crippen LogP contribution in [-0.2, 0) is 0 Å². The third kappa shape index (κ3) is 3.35. The Morgan fingerprint density at radius 2 is 2.06 bits per heavy atom. The molecular formula is C14H17Br2NO. The Morgan fingerprint density at radius 1 is 1.39 bits per heavy atom. The first-order valence-electron chi connectivity index (χ1n) is 6.27. The fourth-order valence-corrected chi connectivity index (χ4v) is 3.29. The topological polar surface area (TPSA) is 20.3 Å². The minimum absolute atomic E-state index is 0.150. The standard InChI is InChI=1S/C14H17Br2NO/c1-10(15)11-5-7-17(8-6-11)14(18)12-3-2-4-13(16)9-12/h2-4,9-11H,5-8H2,1H3. The smallest absolute Gasteiger partial charge is 0.253 e. The van der Waals surface area contributed by atoms with Gasteiger partial charge in [-0.25, -0.2) is 0 Å². The van der Waals surface area contributed by atoms with Crippen LogP contribution in [0.5, 0.6) is 0 Å². The molecule has 2 rings (SSSR count). The molecule has 1 aromatic rings. The van der Waals surface area contributed by atoms with Crippen LogP contribution in [0.2, 0.25) is 0 Å². The van der Waals surface area contributed by atoms with Gasteiger partial charge in [0.2, 0.25) is 0 Å². The van der Waals surface area contributed by atoms with Crippen molar-refractivity contribution in [2.24, 2.45) is 5.92 Å². The van der Waals surface area contributed by atoms with Crippen molar-refractivity contribution in [2.45, 2.75) is 24.6 Å². The third-order valence-corrected chi connectivity index (χ3v) is 4.79. The molecule has 0 spiro atoms. The Kier molecular flexibility index (Phi) is 4.84. The van der Waals surface area contributed by atoms with Crippen molar-refractivity contribution in [2.75, 3.05) is 13.1 Å². The van der Waals surface area contributed by atoms with Gasteiger partial charge in [0.05, 0.1) is 0 Å². The number of piperidine rings is 1. The molecular weight excluding hydrogens is 358 g/mol. The number of alkyl halides is 1. The van der Waals surface area contributed by atoms with E-state index in [1.165, 1.54) is 0 Å². The van der Waals surface area contributed by atoms with Crippen molar-refractivity contribution in [3.8, 4) is 0 Å². The molecule has 0 aliphatic carbocycles. The molecule has 0 bridgehead atoms. The van der Waals surface area contributed by atoms with Crippen LogP contribution >= 0.6 is 31.9 Å². The van der Waals surface area contributed by atoms with Crippen molar-refractivity contribution in [3.05, 3.63) is 34.3 Å². The van der Waals surface area contributed by atoms with Gasteiger partial charge in [-0.15, -0.1) is 0 Å². The van der Waals surface area contributed by atoms with Gasteiger partial charge in [-0.2, -0.15) is 0 Å². The molecule has 1 atom stereocenters. The summed E-state index contributed by atoms with van der Waals surface area (Å²) in [5, 5.41) is 0. The first-order chi connectivity index (χ1) is 8.58. The molecule has 1 aromatic carbocycles. The lowest BCUT2D eigenvalue weighted by atomic mass is 9.94. The summed E-state index contributed by atoms with van der Waals surface area (Å²) in [5.41, 5.74) is 0.773.